The average Bonchev–Trinajstić information content (AvgIpc) is 2.47. The molecular formula is C15H13BrClFO2. The van der Waals surface area contributed by atoms with Crippen LogP contribution in [0.5, 0.6) is 11.5 Å². The van der Waals surface area contributed by atoms with Crippen molar-refractivity contribution in [1.82, 2.24) is 0 Å². The van der Waals surface area contributed by atoms with E-state index in [2.05, 4.69) is 15.9 Å². The van der Waals surface area contributed by atoms with Crippen LogP contribution in [0.3, 0.4) is 0 Å². The lowest BCUT2D eigenvalue weighted by molar-refractivity contribution is 0.284. The molecule has 20 heavy (non-hydrogen) atoms. The van der Waals surface area contributed by atoms with Crippen molar-refractivity contribution in [2.24, 2.45) is 0 Å². The maximum atomic E-state index is 13.2. The van der Waals surface area contributed by atoms with Gasteiger partial charge in [-0.15, -0.1) is 0 Å². The second kappa shape index (κ2) is 6.95. The third kappa shape index (κ3) is 3.64. The molecular weight excluding hydrogens is 347 g/mol. The van der Waals surface area contributed by atoms with Gasteiger partial charge in [-0.25, -0.2) is 4.39 Å². The molecule has 0 amide bonds. The molecule has 0 aliphatic heterocycles. The van der Waals surface area contributed by atoms with E-state index >= 15 is 0 Å². The molecule has 2 aromatic rings. The number of rotatable bonds is 5. The van der Waals surface area contributed by atoms with Gasteiger partial charge in [-0.2, -0.15) is 0 Å². The largest absolute Gasteiger partial charge is 0.493 e. The molecule has 0 radical (unpaired) electrons. The van der Waals surface area contributed by atoms with Gasteiger partial charge in [-0.3, -0.25) is 0 Å². The molecule has 2 aromatic carbocycles. The predicted molar refractivity (Wildman–Crippen MR) is 81.4 cm³/mol. The number of benzene rings is 2. The van der Waals surface area contributed by atoms with E-state index in [0.29, 0.717) is 27.4 Å². The van der Waals surface area contributed by atoms with Gasteiger partial charge in [0.1, 0.15) is 12.4 Å². The monoisotopic (exact) mass is 358 g/mol. The van der Waals surface area contributed by atoms with Gasteiger partial charge in [-0.05, 0) is 35.9 Å². The topological polar surface area (TPSA) is 18.5 Å². The molecule has 0 heterocycles. The number of ether oxygens (including phenoxy) is 2. The molecule has 0 spiro atoms. The van der Waals surface area contributed by atoms with Gasteiger partial charge in [0.25, 0.3) is 0 Å². The minimum atomic E-state index is -0.339. The van der Waals surface area contributed by atoms with Gasteiger partial charge >= 0.3 is 0 Å². The first-order valence-electron chi connectivity index (χ1n) is 5.93. The smallest absolute Gasteiger partial charge is 0.161 e. The molecule has 0 aliphatic rings. The summed E-state index contributed by atoms with van der Waals surface area (Å²) >= 11 is 9.40. The van der Waals surface area contributed by atoms with Crippen LogP contribution < -0.4 is 9.47 Å². The predicted octanol–water partition coefficient (Wildman–Crippen LogP) is 4.96. The summed E-state index contributed by atoms with van der Waals surface area (Å²) < 4.78 is 24.1. The summed E-state index contributed by atoms with van der Waals surface area (Å²) in [5.74, 6) is 0.890. The van der Waals surface area contributed by atoms with Crippen LogP contribution in [0.4, 0.5) is 4.39 Å². The molecule has 0 aromatic heterocycles. The van der Waals surface area contributed by atoms with Gasteiger partial charge in [0, 0.05) is 15.9 Å². The Bertz CT molecular complexity index is 604. The molecule has 0 aliphatic carbocycles. The van der Waals surface area contributed by atoms with Crippen molar-refractivity contribution in [2.75, 3.05) is 7.11 Å². The van der Waals surface area contributed by atoms with Crippen molar-refractivity contribution in [3.05, 3.63) is 58.4 Å². The molecule has 0 bridgehead atoms. The fraction of sp³-hybridized carbons (Fsp3) is 0.200. The van der Waals surface area contributed by atoms with Gasteiger partial charge in [0.15, 0.2) is 11.5 Å². The van der Waals surface area contributed by atoms with E-state index in [9.17, 15) is 4.39 Å². The summed E-state index contributed by atoms with van der Waals surface area (Å²) in [4.78, 5) is 0. The van der Waals surface area contributed by atoms with E-state index < -0.39 is 0 Å². The van der Waals surface area contributed by atoms with Crippen LogP contribution in [0, 0.1) is 5.82 Å². The normalized spacial score (nSPS) is 10.4. The molecule has 0 unspecified atom stereocenters. The molecule has 106 valence electrons. The van der Waals surface area contributed by atoms with Crippen LogP contribution >= 0.6 is 27.5 Å². The number of methoxy groups -OCH3 is 1. The summed E-state index contributed by atoms with van der Waals surface area (Å²) in [6.07, 6.45) is 0. The summed E-state index contributed by atoms with van der Waals surface area (Å²) in [6.45, 7) is 0.179. The summed E-state index contributed by atoms with van der Waals surface area (Å²) in [5, 5.41) is 1.19. The highest BCUT2D eigenvalue weighted by Crippen LogP contribution is 2.30. The third-order valence-corrected chi connectivity index (χ3v) is 3.79. The Morgan fingerprint density at radius 3 is 2.65 bits per heavy atom. The fourth-order valence-electron chi connectivity index (χ4n) is 1.73. The molecule has 0 N–H and O–H groups in total. The zero-order valence-electron chi connectivity index (χ0n) is 10.8. The molecule has 0 atom stereocenters. The second-order valence-corrected chi connectivity index (χ2v) is 5.11. The van der Waals surface area contributed by atoms with Gasteiger partial charge in [0.05, 0.1) is 7.11 Å². The molecule has 2 rings (SSSR count). The Morgan fingerprint density at radius 1 is 1.15 bits per heavy atom. The first kappa shape index (κ1) is 15.1. The number of halogens is 3. The summed E-state index contributed by atoms with van der Waals surface area (Å²) in [7, 11) is 1.57. The summed E-state index contributed by atoms with van der Waals surface area (Å²) in [6, 6.07) is 9.85. The van der Waals surface area contributed by atoms with Gasteiger partial charge in [-0.1, -0.05) is 33.6 Å². The lowest BCUT2D eigenvalue weighted by Crippen LogP contribution is -1.99. The van der Waals surface area contributed by atoms with Crippen molar-refractivity contribution in [3.8, 4) is 11.5 Å². The van der Waals surface area contributed by atoms with Gasteiger partial charge < -0.3 is 9.47 Å². The van der Waals surface area contributed by atoms with Crippen LogP contribution in [0.2, 0.25) is 5.02 Å². The minimum Gasteiger partial charge on any atom is -0.493 e. The minimum absolute atomic E-state index is 0.179. The van der Waals surface area contributed by atoms with E-state index in [1.165, 1.54) is 18.2 Å². The maximum Gasteiger partial charge on any atom is 0.161 e. The van der Waals surface area contributed by atoms with Crippen molar-refractivity contribution in [1.29, 1.82) is 0 Å². The zero-order chi connectivity index (χ0) is 14.5. The number of hydrogen-bond donors (Lipinski definition) is 0. The van der Waals surface area contributed by atoms with Crippen LogP contribution in [0.25, 0.3) is 0 Å². The quantitative estimate of drug-likeness (QED) is 0.702. The first-order chi connectivity index (χ1) is 9.63. The van der Waals surface area contributed by atoms with E-state index in [0.717, 1.165) is 5.56 Å². The van der Waals surface area contributed by atoms with Gasteiger partial charge in [0.2, 0.25) is 0 Å². The Balaban J connectivity index is 2.19. The Morgan fingerprint density at radius 2 is 1.95 bits per heavy atom. The lowest BCUT2D eigenvalue weighted by Gasteiger charge is -2.12. The average molecular weight is 360 g/mol. The van der Waals surface area contributed by atoms with E-state index in [4.69, 9.17) is 21.1 Å². The Labute approximate surface area is 130 Å². The maximum absolute atomic E-state index is 13.2. The number of alkyl halides is 1. The molecule has 2 nitrogen and oxygen atoms in total. The molecule has 0 saturated carbocycles. The second-order valence-electron chi connectivity index (χ2n) is 4.14. The van der Waals surface area contributed by atoms with Crippen molar-refractivity contribution < 1.29 is 13.9 Å². The molecule has 5 heteroatoms. The van der Waals surface area contributed by atoms with Crippen LogP contribution in [0.1, 0.15) is 11.1 Å². The standard InChI is InChI=1S/C15H13BrClFO2/c1-19-14-5-2-10(8-16)6-15(14)20-9-11-7-12(18)3-4-13(11)17/h2-7H,8-9H2,1H3. The Hall–Kier alpha value is -1.26. The van der Waals surface area contributed by atoms with Crippen LogP contribution in [0.15, 0.2) is 36.4 Å². The third-order valence-electron chi connectivity index (χ3n) is 2.77. The van der Waals surface area contributed by atoms with Crippen molar-refractivity contribution in [2.45, 2.75) is 11.9 Å². The highest BCUT2D eigenvalue weighted by molar-refractivity contribution is 9.08. The highest BCUT2D eigenvalue weighted by atomic mass is 79.9. The highest BCUT2D eigenvalue weighted by Gasteiger charge is 2.08. The fourth-order valence-corrected chi connectivity index (χ4v) is 2.25. The molecule has 0 fully saturated rings. The Kier molecular flexibility index (Phi) is 5.26. The SMILES string of the molecule is COc1ccc(CBr)cc1OCc1cc(F)ccc1Cl. The van der Waals surface area contributed by atoms with E-state index in [1.54, 1.807) is 7.11 Å². The zero-order valence-corrected chi connectivity index (χ0v) is 13.2. The lowest BCUT2D eigenvalue weighted by atomic mass is 10.2. The first-order valence-corrected chi connectivity index (χ1v) is 7.43. The summed E-state index contributed by atoms with van der Waals surface area (Å²) in [5.41, 5.74) is 1.66. The van der Waals surface area contributed by atoms with Crippen molar-refractivity contribution in [3.63, 3.8) is 0 Å². The van der Waals surface area contributed by atoms with Crippen molar-refractivity contribution >= 4 is 27.5 Å². The van der Waals surface area contributed by atoms with Crippen LogP contribution in [-0.4, -0.2) is 7.11 Å². The van der Waals surface area contributed by atoms with Crippen LogP contribution in [-0.2, 0) is 11.9 Å². The van der Waals surface area contributed by atoms with E-state index in [1.807, 2.05) is 18.2 Å². The number of hydrogen-bond acceptors (Lipinski definition) is 2. The molecule has 0 saturated heterocycles. The van der Waals surface area contributed by atoms with E-state index in [-0.39, 0.29) is 12.4 Å².